The average molecular weight is 519 g/mol. The Hall–Kier alpha value is -4.37. The second kappa shape index (κ2) is 12.0. The average Bonchev–Trinajstić information content (AvgIpc) is 3.10. The van der Waals surface area contributed by atoms with Gasteiger partial charge >= 0.3 is 0 Å². The number of nitrogens with zero attached hydrogens (tertiary/aromatic N) is 1. The van der Waals surface area contributed by atoms with Crippen molar-refractivity contribution in [1.29, 1.82) is 0 Å². The van der Waals surface area contributed by atoms with Crippen LogP contribution in [0.1, 0.15) is 42.5 Å². The molecule has 5 nitrogen and oxygen atoms in total. The van der Waals surface area contributed by atoms with Gasteiger partial charge in [-0.25, -0.2) is 0 Å². The van der Waals surface area contributed by atoms with Gasteiger partial charge in [0.05, 0.1) is 24.3 Å². The first kappa shape index (κ1) is 27.7. The molecule has 3 N–H and O–H groups in total. The van der Waals surface area contributed by atoms with Crippen LogP contribution in [0, 0.1) is 11.8 Å². The number of hydrogen-bond acceptors (Lipinski definition) is 4. The summed E-state index contributed by atoms with van der Waals surface area (Å²) < 4.78 is 5.53. The van der Waals surface area contributed by atoms with E-state index in [-0.39, 0.29) is 5.91 Å². The number of nitrogens with two attached hydrogens (primary N) is 1. The lowest BCUT2D eigenvalue weighted by Gasteiger charge is -2.31. The maximum Gasteiger partial charge on any atom is 0.230 e. The number of anilines is 1. The minimum atomic E-state index is -1.04. The molecule has 4 aromatic carbocycles. The summed E-state index contributed by atoms with van der Waals surface area (Å²) in [7, 11) is 1.73. The molecule has 0 saturated heterocycles. The van der Waals surface area contributed by atoms with E-state index in [9.17, 15) is 9.90 Å². The van der Waals surface area contributed by atoms with Gasteiger partial charge in [0.2, 0.25) is 5.91 Å². The molecule has 0 spiro atoms. The zero-order valence-corrected chi connectivity index (χ0v) is 22.6. The maximum absolute atomic E-state index is 11.8. The van der Waals surface area contributed by atoms with Crippen LogP contribution in [0.3, 0.4) is 0 Å². The predicted molar refractivity (Wildman–Crippen MR) is 157 cm³/mol. The van der Waals surface area contributed by atoms with Gasteiger partial charge in [-0.15, -0.1) is 0 Å². The standard InChI is InChI=1S/C19H17N.C15H17NO3/c20-19(16-10-4-1-5-11-16,17-12-6-2-7-13-17)18-14-8-3-9-15-18;1-15(2,18)8-6-11-4-5-13-12(10-11)16(3)14(17)7-9-19-13/h1-15H,20H2;4-5,10,18H,7,9H2,1-3H3. The Balaban J connectivity index is 0.000000181. The molecule has 1 aliphatic heterocycles. The number of hydrogen-bond donors (Lipinski definition) is 2. The van der Waals surface area contributed by atoms with E-state index in [2.05, 4.69) is 48.2 Å². The fourth-order valence-corrected chi connectivity index (χ4v) is 4.36. The molecule has 39 heavy (non-hydrogen) atoms. The highest BCUT2D eigenvalue weighted by molar-refractivity contribution is 5.95. The van der Waals surface area contributed by atoms with Crippen molar-refractivity contribution in [3.05, 3.63) is 131 Å². The van der Waals surface area contributed by atoms with E-state index in [1.807, 2.05) is 60.7 Å². The lowest BCUT2D eigenvalue weighted by molar-refractivity contribution is -0.118. The summed E-state index contributed by atoms with van der Waals surface area (Å²) in [5, 5.41) is 9.59. The summed E-state index contributed by atoms with van der Waals surface area (Å²) in [5.74, 6) is 6.35. The second-order valence-electron chi connectivity index (χ2n) is 9.95. The van der Waals surface area contributed by atoms with E-state index in [0.717, 1.165) is 22.3 Å². The summed E-state index contributed by atoms with van der Waals surface area (Å²) in [6, 6.07) is 36.2. The van der Waals surface area contributed by atoms with Crippen LogP contribution in [0.2, 0.25) is 0 Å². The van der Waals surface area contributed by atoms with Gasteiger partial charge in [-0.05, 0) is 48.7 Å². The lowest BCUT2D eigenvalue weighted by atomic mass is 9.78. The monoisotopic (exact) mass is 518 g/mol. The van der Waals surface area contributed by atoms with Crippen LogP contribution in [0.15, 0.2) is 109 Å². The van der Waals surface area contributed by atoms with Crippen LogP contribution < -0.4 is 15.4 Å². The first-order chi connectivity index (χ1) is 18.7. The normalized spacial score (nSPS) is 13.1. The van der Waals surface area contributed by atoms with Crippen molar-refractivity contribution >= 4 is 11.6 Å². The zero-order chi connectivity index (χ0) is 27.9. The fraction of sp³-hybridized carbons (Fsp3) is 0.206. The van der Waals surface area contributed by atoms with Crippen LogP contribution in [0.25, 0.3) is 0 Å². The molecule has 0 fully saturated rings. The molecule has 1 amide bonds. The highest BCUT2D eigenvalue weighted by Gasteiger charge is 2.31. The van der Waals surface area contributed by atoms with E-state index in [0.29, 0.717) is 24.5 Å². The molecule has 0 saturated carbocycles. The van der Waals surface area contributed by atoms with Gasteiger partial charge in [0.15, 0.2) is 0 Å². The Morgan fingerprint density at radius 1 is 0.821 bits per heavy atom. The molecule has 198 valence electrons. The van der Waals surface area contributed by atoms with Crippen molar-refractivity contribution in [3.8, 4) is 17.6 Å². The number of carbonyl (C=O) groups is 1. The maximum atomic E-state index is 11.8. The summed E-state index contributed by atoms with van der Waals surface area (Å²) in [6.45, 7) is 3.65. The third-order valence-electron chi connectivity index (χ3n) is 6.47. The van der Waals surface area contributed by atoms with E-state index in [4.69, 9.17) is 10.5 Å². The molecule has 0 aromatic heterocycles. The molecule has 0 unspecified atom stereocenters. The van der Waals surface area contributed by atoms with Crippen LogP contribution >= 0.6 is 0 Å². The van der Waals surface area contributed by atoms with Gasteiger partial charge in [0.1, 0.15) is 11.4 Å². The van der Waals surface area contributed by atoms with Crippen LogP contribution in [-0.2, 0) is 10.3 Å². The third-order valence-corrected chi connectivity index (χ3v) is 6.47. The van der Waals surface area contributed by atoms with Crippen molar-refractivity contribution in [3.63, 3.8) is 0 Å². The van der Waals surface area contributed by atoms with Crippen LogP contribution in [0.4, 0.5) is 5.69 Å². The van der Waals surface area contributed by atoms with Gasteiger partial charge in [-0.2, -0.15) is 0 Å². The van der Waals surface area contributed by atoms with E-state index in [1.165, 1.54) is 0 Å². The van der Waals surface area contributed by atoms with Crippen molar-refractivity contribution in [2.24, 2.45) is 5.73 Å². The number of fused-ring (bicyclic) bond motifs is 1. The van der Waals surface area contributed by atoms with Gasteiger partial charge in [-0.3, -0.25) is 4.79 Å². The zero-order valence-electron chi connectivity index (χ0n) is 22.6. The molecule has 4 aromatic rings. The molecular formula is C34H34N2O3. The number of benzene rings is 4. The minimum absolute atomic E-state index is 0.0198. The number of aliphatic hydroxyl groups is 1. The highest BCUT2D eigenvalue weighted by Crippen LogP contribution is 2.34. The number of ether oxygens (including phenoxy) is 1. The van der Waals surface area contributed by atoms with Crippen molar-refractivity contribution in [1.82, 2.24) is 0 Å². The summed E-state index contributed by atoms with van der Waals surface area (Å²) in [5.41, 5.74) is 9.94. The summed E-state index contributed by atoms with van der Waals surface area (Å²) >= 11 is 0. The number of rotatable bonds is 3. The van der Waals surface area contributed by atoms with E-state index < -0.39 is 11.1 Å². The fourth-order valence-electron chi connectivity index (χ4n) is 4.36. The largest absolute Gasteiger partial charge is 0.491 e. The molecule has 1 heterocycles. The first-order valence-corrected chi connectivity index (χ1v) is 12.9. The Labute approximate surface area is 230 Å². The molecule has 1 aliphatic rings. The van der Waals surface area contributed by atoms with Gasteiger partial charge < -0.3 is 20.5 Å². The molecule has 5 rings (SSSR count). The van der Waals surface area contributed by atoms with Gasteiger partial charge in [0, 0.05) is 12.6 Å². The number of amides is 1. The summed E-state index contributed by atoms with van der Waals surface area (Å²) in [6.07, 6.45) is 0.371. The van der Waals surface area contributed by atoms with E-state index >= 15 is 0 Å². The first-order valence-electron chi connectivity index (χ1n) is 12.9. The minimum Gasteiger partial charge on any atom is -0.491 e. The number of carbonyl (C=O) groups excluding carboxylic acids is 1. The topological polar surface area (TPSA) is 75.8 Å². The van der Waals surface area contributed by atoms with Crippen molar-refractivity contribution in [2.45, 2.75) is 31.4 Å². The van der Waals surface area contributed by atoms with Gasteiger partial charge in [-0.1, -0.05) is 103 Å². The third kappa shape index (κ3) is 6.74. The molecule has 0 aliphatic carbocycles. The Morgan fingerprint density at radius 2 is 1.31 bits per heavy atom. The molecule has 0 atom stereocenters. The van der Waals surface area contributed by atoms with Crippen LogP contribution in [-0.4, -0.2) is 30.3 Å². The smallest absolute Gasteiger partial charge is 0.230 e. The SMILES string of the molecule is CN1C(=O)CCOc2ccc(C#CC(C)(C)O)cc21.NC(c1ccccc1)(c1ccccc1)c1ccccc1. The molecule has 0 radical (unpaired) electrons. The second-order valence-corrected chi connectivity index (χ2v) is 9.95. The lowest BCUT2D eigenvalue weighted by Crippen LogP contribution is -2.39. The molecule has 5 heteroatoms. The van der Waals surface area contributed by atoms with E-state index in [1.54, 1.807) is 37.9 Å². The van der Waals surface area contributed by atoms with Gasteiger partial charge in [0.25, 0.3) is 0 Å². The summed E-state index contributed by atoms with van der Waals surface area (Å²) in [4.78, 5) is 13.4. The molecule has 0 bridgehead atoms. The predicted octanol–water partition coefficient (Wildman–Crippen LogP) is 5.49. The van der Waals surface area contributed by atoms with Crippen molar-refractivity contribution in [2.75, 3.05) is 18.6 Å². The highest BCUT2D eigenvalue weighted by atomic mass is 16.5. The Bertz CT molecular complexity index is 1350. The quantitative estimate of drug-likeness (QED) is 0.278. The molecular weight excluding hydrogens is 484 g/mol. The Morgan fingerprint density at radius 3 is 1.77 bits per heavy atom. The van der Waals surface area contributed by atoms with Crippen LogP contribution in [0.5, 0.6) is 5.75 Å². The Kier molecular flexibility index (Phi) is 8.51. The van der Waals surface area contributed by atoms with Crippen molar-refractivity contribution < 1.29 is 14.6 Å².